The van der Waals surface area contributed by atoms with Crippen molar-refractivity contribution in [2.75, 3.05) is 7.05 Å². The molecule has 0 saturated heterocycles. The fourth-order valence-electron chi connectivity index (χ4n) is 3.13. The first kappa shape index (κ1) is 16.6. The number of aromatic nitrogens is 2. The fourth-order valence-corrected chi connectivity index (χ4v) is 4.53. The Bertz CT molecular complexity index is 535. The Kier molecular flexibility index (Phi) is 5.15. The molecule has 0 spiro atoms. The number of hydrogen-bond acceptors (Lipinski definition) is 4. The lowest BCUT2D eigenvalue weighted by molar-refractivity contribution is 0.167. The molecular weight excluding hydrogens is 282 g/mol. The predicted molar refractivity (Wildman–Crippen MR) is 88.9 cm³/mol. The number of nitrogens with zero attached hydrogens (tertiary/aromatic N) is 1. The minimum atomic E-state index is -0.0609. The fraction of sp³-hybridized carbons (Fsp3) is 0.750. The largest absolute Gasteiger partial charge is 0.316 e. The van der Waals surface area contributed by atoms with E-state index in [1.165, 1.54) is 12.8 Å². The third-order valence-electron chi connectivity index (χ3n) is 4.50. The van der Waals surface area contributed by atoms with Crippen LogP contribution in [0.25, 0.3) is 0 Å². The van der Waals surface area contributed by atoms with Gasteiger partial charge in [-0.2, -0.15) is 0 Å². The molecule has 3 atom stereocenters. The van der Waals surface area contributed by atoms with Crippen LogP contribution in [0.2, 0.25) is 0 Å². The van der Waals surface area contributed by atoms with E-state index >= 15 is 0 Å². The van der Waals surface area contributed by atoms with Gasteiger partial charge in [0.25, 0.3) is 5.56 Å². The zero-order valence-electron chi connectivity index (χ0n) is 13.7. The van der Waals surface area contributed by atoms with Crippen molar-refractivity contribution in [2.24, 2.45) is 11.3 Å². The number of H-pyrrole nitrogens is 1. The summed E-state index contributed by atoms with van der Waals surface area (Å²) >= 11 is 1.72. The Balaban J connectivity index is 2.15. The van der Waals surface area contributed by atoms with Crippen LogP contribution in [0.1, 0.15) is 45.7 Å². The highest BCUT2D eigenvalue weighted by molar-refractivity contribution is 7.99. The van der Waals surface area contributed by atoms with E-state index in [2.05, 4.69) is 36.1 Å². The van der Waals surface area contributed by atoms with Crippen molar-refractivity contribution in [3.63, 3.8) is 0 Å². The van der Waals surface area contributed by atoms with Crippen LogP contribution in [0.15, 0.2) is 16.0 Å². The van der Waals surface area contributed by atoms with Crippen molar-refractivity contribution >= 4 is 11.8 Å². The molecule has 118 valence electrons. The Morgan fingerprint density at radius 2 is 2.10 bits per heavy atom. The minimum absolute atomic E-state index is 0.0609. The van der Waals surface area contributed by atoms with Gasteiger partial charge in [0, 0.05) is 23.1 Å². The molecule has 1 aliphatic rings. The van der Waals surface area contributed by atoms with Gasteiger partial charge in [0.1, 0.15) is 0 Å². The molecule has 5 heteroatoms. The lowest BCUT2D eigenvalue weighted by Crippen LogP contribution is -2.43. The molecule has 2 rings (SSSR count). The highest BCUT2D eigenvalue weighted by Crippen LogP contribution is 2.42. The van der Waals surface area contributed by atoms with Gasteiger partial charge >= 0.3 is 0 Å². The lowest BCUT2D eigenvalue weighted by atomic mass is 9.71. The summed E-state index contributed by atoms with van der Waals surface area (Å²) < 4.78 is 0. The van der Waals surface area contributed by atoms with E-state index in [1.54, 1.807) is 17.8 Å². The van der Waals surface area contributed by atoms with Crippen molar-refractivity contribution in [1.29, 1.82) is 0 Å². The van der Waals surface area contributed by atoms with Crippen LogP contribution >= 0.6 is 11.8 Å². The van der Waals surface area contributed by atoms with Gasteiger partial charge in [-0.25, -0.2) is 4.98 Å². The van der Waals surface area contributed by atoms with Gasteiger partial charge < -0.3 is 10.3 Å². The summed E-state index contributed by atoms with van der Waals surface area (Å²) in [6.45, 7) is 8.84. The zero-order chi connectivity index (χ0) is 15.6. The molecule has 1 saturated carbocycles. The van der Waals surface area contributed by atoms with Gasteiger partial charge in [0.2, 0.25) is 0 Å². The van der Waals surface area contributed by atoms with E-state index in [-0.39, 0.29) is 5.56 Å². The zero-order valence-corrected chi connectivity index (χ0v) is 14.5. The van der Waals surface area contributed by atoms with Crippen LogP contribution in [0.3, 0.4) is 0 Å². The monoisotopic (exact) mass is 309 g/mol. The minimum Gasteiger partial charge on any atom is -0.316 e. The van der Waals surface area contributed by atoms with Crippen LogP contribution in [-0.2, 0) is 0 Å². The highest BCUT2D eigenvalue weighted by Gasteiger charge is 2.36. The average Bonchev–Trinajstić information content (AvgIpc) is 2.36. The summed E-state index contributed by atoms with van der Waals surface area (Å²) in [6.07, 6.45) is 3.62. The van der Waals surface area contributed by atoms with Crippen LogP contribution in [0, 0.1) is 18.3 Å². The molecule has 1 aliphatic carbocycles. The summed E-state index contributed by atoms with van der Waals surface area (Å²) in [5.41, 5.74) is 1.06. The number of thioether (sulfide) groups is 1. The standard InChI is InChI=1S/C16H27N3OS/c1-10-8-14(20)19-15(18-10)21-13-9-11(16(2,3)4)6-7-12(13)17-5/h8,11-13,17H,6-7,9H2,1-5H3,(H,18,19,20). The lowest BCUT2D eigenvalue weighted by Gasteiger charge is -2.41. The summed E-state index contributed by atoms with van der Waals surface area (Å²) in [5, 5.41) is 4.64. The molecule has 0 aromatic carbocycles. The molecule has 0 radical (unpaired) electrons. The second kappa shape index (κ2) is 6.53. The number of aromatic amines is 1. The molecule has 1 heterocycles. The Morgan fingerprint density at radius 3 is 2.67 bits per heavy atom. The van der Waals surface area contributed by atoms with E-state index in [9.17, 15) is 4.79 Å². The number of rotatable bonds is 3. The molecule has 1 fully saturated rings. The SMILES string of the molecule is CNC1CCC(C(C)(C)C)CC1Sc1nc(C)cc(=O)[nH]1. The third-order valence-corrected chi connectivity index (χ3v) is 5.74. The maximum atomic E-state index is 11.6. The first-order valence-electron chi connectivity index (χ1n) is 7.71. The van der Waals surface area contributed by atoms with Crippen LogP contribution < -0.4 is 10.9 Å². The van der Waals surface area contributed by atoms with Crippen LogP contribution in [-0.4, -0.2) is 28.3 Å². The van der Waals surface area contributed by atoms with Gasteiger partial charge in [-0.15, -0.1) is 0 Å². The van der Waals surface area contributed by atoms with Gasteiger partial charge in [0.05, 0.1) is 0 Å². The molecule has 1 aromatic rings. The quantitative estimate of drug-likeness (QED) is 0.843. The maximum absolute atomic E-state index is 11.6. The molecule has 0 aliphatic heterocycles. The van der Waals surface area contributed by atoms with E-state index in [0.717, 1.165) is 23.2 Å². The molecule has 0 bridgehead atoms. The summed E-state index contributed by atoms with van der Waals surface area (Å²) in [4.78, 5) is 18.9. The summed E-state index contributed by atoms with van der Waals surface area (Å²) in [7, 11) is 2.03. The smallest absolute Gasteiger partial charge is 0.251 e. The normalized spacial score (nSPS) is 26.8. The van der Waals surface area contributed by atoms with E-state index < -0.39 is 0 Å². The van der Waals surface area contributed by atoms with Gasteiger partial charge in [-0.1, -0.05) is 32.5 Å². The average molecular weight is 309 g/mol. The van der Waals surface area contributed by atoms with Crippen molar-refractivity contribution < 1.29 is 0 Å². The molecule has 21 heavy (non-hydrogen) atoms. The van der Waals surface area contributed by atoms with Gasteiger partial charge in [0.15, 0.2) is 5.16 Å². The number of nitrogens with one attached hydrogen (secondary N) is 2. The first-order valence-corrected chi connectivity index (χ1v) is 8.59. The van der Waals surface area contributed by atoms with Crippen molar-refractivity contribution in [1.82, 2.24) is 15.3 Å². The van der Waals surface area contributed by atoms with Crippen LogP contribution in [0.5, 0.6) is 0 Å². The maximum Gasteiger partial charge on any atom is 0.251 e. The number of aryl methyl sites for hydroxylation is 1. The third kappa shape index (κ3) is 4.33. The van der Waals surface area contributed by atoms with Crippen molar-refractivity contribution in [3.05, 3.63) is 22.1 Å². The second-order valence-corrected chi connectivity index (χ2v) is 8.35. The van der Waals surface area contributed by atoms with E-state index in [0.29, 0.717) is 16.7 Å². The molecule has 4 nitrogen and oxygen atoms in total. The summed E-state index contributed by atoms with van der Waals surface area (Å²) in [6, 6.07) is 2.03. The molecule has 1 aromatic heterocycles. The number of hydrogen-bond donors (Lipinski definition) is 2. The summed E-state index contributed by atoms with van der Waals surface area (Å²) in [5.74, 6) is 0.719. The van der Waals surface area contributed by atoms with Crippen LogP contribution in [0.4, 0.5) is 0 Å². The molecular formula is C16H27N3OS. The van der Waals surface area contributed by atoms with Crippen molar-refractivity contribution in [2.45, 2.75) is 63.4 Å². The van der Waals surface area contributed by atoms with Crippen molar-refractivity contribution in [3.8, 4) is 0 Å². The van der Waals surface area contributed by atoms with Gasteiger partial charge in [-0.3, -0.25) is 4.79 Å². The Hall–Kier alpha value is -0.810. The topological polar surface area (TPSA) is 57.8 Å². The molecule has 3 unspecified atom stereocenters. The van der Waals surface area contributed by atoms with E-state index in [4.69, 9.17) is 0 Å². The predicted octanol–water partition coefficient (Wildman–Crippen LogP) is 2.97. The molecule has 2 N–H and O–H groups in total. The second-order valence-electron chi connectivity index (χ2n) is 7.12. The molecule has 0 amide bonds. The van der Waals surface area contributed by atoms with Gasteiger partial charge in [-0.05, 0) is 44.6 Å². The first-order chi connectivity index (χ1) is 9.79. The Morgan fingerprint density at radius 1 is 1.38 bits per heavy atom. The van der Waals surface area contributed by atoms with E-state index in [1.807, 2.05) is 14.0 Å². The Labute approximate surface area is 131 Å². The highest BCUT2D eigenvalue weighted by atomic mass is 32.2.